The summed E-state index contributed by atoms with van der Waals surface area (Å²) in [5, 5.41) is 3.52. The van der Waals surface area contributed by atoms with Gasteiger partial charge in [-0.05, 0) is 37.8 Å². The first-order valence-corrected chi connectivity index (χ1v) is 5.90. The molecule has 0 amide bonds. The quantitative estimate of drug-likeness (QED) is 0.579. The molecule has 0 saturated heterocycles. The largest absolute Gasteiger partial charge is 0.385 e. The minimum atomic E-state index is 0.756. The van der Waals surface area contributed by atoms with E-state index >= 15 is 0 Å². The molecule has 0 aromatic carbocycles. The lowest BCUT2D eigenvalue weighted by Crippen LogP contribution is -2.26. The second kappa shape index (κ2) is 9.47. The Bertz CT molecular complexity index is 115. The maximum Gasteiger partial charge on any atom is 0.0462 e. The van der Waals surface area contributed by atoms with Gasteiger partial charge in [-0.25, -0.2) is 0 Å². The van der Waals surface area contributed by atoms with Gasteiger partial charge in [-0.1, -0.05) is 27.2 Å². The Morgan fingerprint density at radius 1 is 1.21 bits per heavy atom. The SMILES string of the molecule is CCC(CCCOC)CNCC(C)C. The molecule has 1 N–H and O–H groups in total. The summed E-state index contributed by atoms with van der Waals surface area (Å²) in [7, 11) is 1.78. The highest BCUT2D eigenvalue weighted by atomic mass is 16.5. The summed E-state index contributed by atoms with van der Waals surface area (Å²) in [6.07, 6.45) is 3.75. The van der Waals surface area contributed by atoms with Gasteiger partial charge in [0.1, 0.15) is 0 Å². The molecule has 2 nitrogen and oxygen atoms in total. The number of nitrogens with one attached hydrogen (secondary N) is 1. The maximum atomic E-state index is 5.06. The van der Waals surface area contributed by atoms with E-state index in [2.05, 4.69) is 26.1 Å². The van der Waals surface area contributed by atoms with Crippen LogP contribution in [0.25, 0.3) is 0 Å². The van der Waals surface area contributed by atoms with Gasteiger partial charge < -0.3 is 10.1 Å². The van der Waals surface area contributed by atoms with Crippen molar-refractivity contribution in [1.29, 1.82) is 0 Å². The Hall–Kier alpha value is -0.0800. The molecule has 0 aromatic rings. The fraction of sp³-hybridized carbons (Fsp3) is 1.00. The minimum absolute atomic E-state index is 0.756. The third-order valence-electron chi connectivity index (χ3n) is 2.52. The Morgan fingerprint density at radius 3 is 2.43 bits per heavy atom. The standard InChI is InChI=1S/C12H27NO/c1-5-12(7-6-8-14-4)10-13-9-11(2)3/h11-13H,5-10H2,1-4H3. The lowest BCUT2D eigenvalue weighted by atomic mass is 10.0. The average Bonchev–Trinajstić information content (AvgIpc) is 2.15. The van der Waals surface area contributed by atoms with Crippen molar-refractivity contribution in [3.8, 4) is 0 Å². The van der Waals surface area contributed by atoms with E-state index in [4.69, 9.17) is 4.74 Å². The van der Waals surface area contributed by atoms with Crippen LogP contribution in [0.4, 0.5) is 0 Å². The highest BCUT2D eigenvalue weighted by Crippen LogP contribution is 2.09. The van der Waals surface area contributed by atoms with Crippen LogP contribution in [-0.4, -0.2) is 26.8 Å². The zero-order valence-electron chi connectivity index (χ0n) is 10.3. The van der Waals surface area contributed by atoms with Crippen molar-refractivity contribution in [3.63, 3.8) is 0 Å². The van der Waals surface area contributed by atoms with Crippen molar-refractivity contribution >= 4 is 0 Å². The molecule has 0 heterocycles. The molecule has 0 aromatic heterocycles. The topological polar surface area (TPSA) is 21.3 Å². The van der Waals surface area contributed by atoms with Gasteiger partial charge in [-0.15, -0.1) is 0 Å². The van der Waals surface area contributed by atoms with Crippen LogP contribution in [0, 0.1) is 11.8 Å². The molecule has 0 bridgehead atoms. The first-order valence-electron chi connectivity index (χ1n) is 5.90. The molecule has 0 radical (unpaired) electrons. The number of hydrogen-bond donors (Lipinski definition) is 1. The fourth-order valence-electron chi connectivity index (χ4n) is 1.54. The van der Waals surface area contributed by atoms with E-state index in [-0.39, 0.29) is 0 Å². The van der Waals surface area contributed by atoms with Gasteiger partial charge in [0.05, 0.1) is 0 Å². The lowest BCUT2D eigenvalue weighted by Gasteiger charge is -2.16. The van der Waals surface area contributed by atoms with Crippen LogP contribution in [0.1, 0.15) is 40.0 Å². The predicted octanol–water partition coefficient (Wildman–Crippen LogP) is 2.68. The zero-order chi connectivity index (χ0) is 10.8. The molecule has 0 aliphatic carbocycles. The molecule has 0 rings (SSSR count). The average molecular weight is 201 g/mol. The van der Waals surface area contributed by atoms with E-state index in [0.717, 1.165) is 25.0 Å². The number of ether oxygens (including phenoxy) is 1. The normalized spacial score (nSPS) is 13.5. The van der Waals surface area contributed by atoms with Gasteiger partial charge in [0.15, 0.2) is 0 Å². The first kappa shape index (κ1) is 13.9. The Balaban J connectivity index is 3.38. The van der Waals surface area contributed by atoms with Crippen LogP contribution in [0.2, 0.25) is 0 Å². The third-order valence-corrected chi connectivity index (χ3v) is 2.52. The molecule has 0 aliphatic rings. The van der Waals surface area contributed by atoms with E-state index in [1.807, 2.05) is 0 Å². The number of hydrogen-bond acceptors (Lipinski definition) is 2. The summed E-state index contributed by atoms with van der Waals surface area (Å²) in [6.45, 7) is 9.98. The highest BCUT2D eigenvalue weighted by Gasteiger charge is 2.05. The van der Waals surface area contributed by atoms with Crippen molar-refractivity contribution in [2.24, 2.45) is 11.8 Å². The number of methoxy groups -OCH3 is 1. The van der Waals surface area contributed by atoms with Crippen molar-refractivity contribution < 1.29 is 4.74 Å². The monoisotopic (exact) mass is 201 g/mol. The zero-order valence-corrected chi connectivity index (χ0v) is 10.3. The summed E-state index contributed by atoms with van der Waals surface area (Å²) in [5.41, 5.74) is 0. The second-order valence-electron chi connectivity index (χ2n) is 4.46. The van der Waals surface area contributed by atoms with Crippen LogP contribution in [0.5, 0.6) is 0 Å². The van der Waals surface area contributed by atoms with Gasteiger partial charge in [-0.2, -0.15) is 0 Å². The first-order chi connectivity index (χ1) is 6.70. The molecule has 1 atom stereocenters. The molecular weight excluding hydrogens is 174 g/mol. The molecule has 1 unspecified atom stereocenters. The van der Waals surface area contributed by atoms with Gasteiger partial charge in [0, 0.05) is 13.7 Å². The van der Waals surface area contributed by atoms with E-state index < -0.39 is 0 Å². The van der Waals surface area contributed by atoms with Crippen molar-refractivity contribution in [3.05, 3.63) is 0 Å². The molecule has 2 heteroatoms. The summed E-state index contributed by atoms with van der Waals surface area (Å²) < 4.78 is 5.06. The van der Waals surface area contributed by atoms with Gasteiger partial charge in [0.25, 0.3) is 0 Å². The predicted molar refractivity (Wildman–Crippen MR) is 62.6 cm³/mol. The molecule has 0 spiro atoms. The molecule has 0 saturated carbocycles. The van der Waals surface area contributed by atoms with Crippen LogP contribution in [0.15, 0.2) is 0 Å². The highest BCUT2D eigenvalue weighted by molar-refractivity contribution is 4.61. The van der Waals surface area contributed by atoms with Crippen molar-refractivity contribution in [2.75, 3.05) is 26.8 Å². The van der Waals surface area contributed by atoms with E-state index in [1.54, 1.807) is 7.11 Å². The molecule has 0 fully saturated rings. The molecular formula is C12H27NO. The molecule has 0 aliphatic heterocycles. The Labute approximate surface area is 89.4 Å². The van der Waals surface area contributed by atoms with Gasteiger partial charge >= 0.3 is 0 Å². The third kappa shape index (κ3) is 8.52. The van der Waals surface area contributed by atoms with Gasteiger partial charge in [0.2, 0.25) is 0 Å². The maximum absolute atomic E-state index is 5.06. The van der Waals surface area contributed by atoms with Gasteiger partial charge in [-0.3, -0.25) is 0 Å². The second-order valence-corrected chi connectivity index (χ2v) is 4.46. The lowest BCUT2D eigenvalue weighted by molar-refractivity contribution is 0.185. The fourth-order valence-corrected chi connectivity index (χ4v) is 1.54. The Morgan fingerprint density at radius 2 is 1.93 bits per heavy atom. The van der Waals surface area contributed by atoms with Crippen LogP contribution in [0.3, 0.4) is 0 Å². The summed E-state index contributed by atoms with van der Waals surface area (Å²) in [5.74, 6) is 1.58. The summed E-state index contributed by atoms with van der Waals surface area (Å²) >= 11 is 0. The van der Waals surface area contributed by atoms with E-state index in [1.165, 1.54) is 25.8 Å². The van der Waals surface area contributed by atoms with Crippen LogP contribution < -0.4 is 5.32 Å². The van der Waals surface area contributed by atoms with Crippen molar-refractivity contribution in [1.82, 2.24) is 5.32 Å². The van der Waals surface area contributed by atoms with Crippen molar-refractivity contribution in [2.45, 2.75) is 40.0 Å². The summed E-state index contributed by atoms with van der Waals surface area (Å²) in [6, 6.07) is 0. The van der Waals surface area contributed by atoms with E-state index in [9.17, 15) is 0 Å². The van der Waals surface area contributed by atoms with E-state index in [0.29, 0.717) is 0 Å². The molecule has 86 valence electrons. The Kier molecular flexibility index (Phi) is 9.42. The minimum Gasteiger partial charge on any atom is -0.385 e. The number of rotatable bonds is 9. The summed E-state index contributed by atoms with van der Waals surface area (Å²) in [4.78, 5) is 0. The van der Waals surface area contributed by atoms with Crippen LogP contribution in [-0.2, 0) is 4.74 Å². The molecule has 14 heavy (non-hydrogen) atoms. The smallest absolute Gasteiger partial charge is 0.0462 e. The van der Waals surface area contributed by atoms with Crippen LogP contribution >= 0.6 is 0 Å².